The number of piperidine rings is 2. The predicted octanol–water partition coefficient (Wildman–Crippen LogP) is 0.125. The van der Waals surface area contributed by atoms with Crippen molar-refractivity contribution in [2.75, 3.05) is 39.3 Å². The van der Waals surface area contributed by atoms with Gasteiger partial charge in [0.25, 0.3) is 0 Å². The first-order chi connectivity index (χ1) is 21.5. The smallest absolute Gasteiger partial charge is 0.303 e. The monoisotopic (exact) mass is 778 g/mol. The van der Waals surface area contributed by atoms with Gasteiger partial charge in [0.1, 0.15) is 25.2 Å². The molecule has 2 aliphatic heterocycles. The van der Waals surface area contributed by atoms with Gasteiger partial charge >= 0.3 is 11.9 Å². The topological polar surface area (TPSA) is 52.6 Å². The van der Waals surface area contributed by atoms with Crippen LogP contribution in [0.25, 0.3) is 0 Å². The molecule has 6 nitrogen and oxygen atoms in total. The van der Waals surface area contributed by atoms with Gasteiger partial charge in [-0.2, -0.15) is 0 Å². The Labute approximate surface area is 306 Å². The van der Waals surface area contributed by atoms with Crippen molar-refractivity contribution in [3.63, 3.8) is 0 Å². The van der Waals surface area contributed by atoms with Gasteiger partial charge in [0.05, 0.1) is 26.2 Å². The highest BCUT2D eigenvalue weighted by atomic mass is 79.9. The zero-order chi connectivity index (χ0) is 32.0. The third-order valence-corrected chi connectivity index (χ3v) is 14.8. The molecule has 0 amide bonds. The zero-order valence-electron chi connectivity index (χ0n) is 29.5. The number of hydrogen-bond acceptors (Lipinski definition) is 4. The Hall–Kier alpha value is -1.06. The van der Waals surface area contributed by atoms with Gasteiger partial charge in [-0.15, -0.1) is 12.8 Å². The number of likely N-dealkylation sites (tertiary alicyclic amines) is 2. The van der Waals surface area contributed by atoms with Crippen molar-refractivity contribution in [1.29, 1.82) is 0 Å². The van der Waals surface area contributed by atoms with Crippen LogP contribution in [0.3, 0.4) is 0 Å². The molecule has 2 saturated heterocycles. The van der Waals surface area contributed by atoms with Crippen LogP contribution in [0.15, 0.2) is 0 Å². The lowest BCUT2D eigenvalue weighted by atomic mass is 9.44. The second kappa shape index (κ2) is 15.0. The predicted molar refractivity (Wildman–Crippen MR) is 176 cm³/mol. The second-order valence-corrected chi connectivity index (χ2v) is 16.9. The molecule has 0 bridgehead atoms. The highest BCUT2D eigenvalue weighted by Gasteiger charge is 2.68. The highest BCUT2D eigenvalue weighted by molar-refractivity contribution is 5.66. The summed E-state index contributed by atoms with van der Waals surface area (Å²) in [6, 6.07) is 0.552. The number of nitrogens with zero attached hydrogens (tertiary/aromatic N) is 2. The lowest BCUT2D eigenvalue weighted by molar-refractivity contribution is -0.954. The van der Waals surface area contributed by atoms with E-state index >= 15 is 0 Å². The van der Waals surface area contributed by atoms with Crippen LogP contribution in [-0.4, -0.2) is 84.5 Å². The SMILES string of the molecule is C#CC[N+]1(C2C[C@]3(C)C4CC[C@@]5(C)C(CC([N+]6(CC#C)CCCCC6)[C@@H]5OC(C)=O)C4CC[C@H]3C[C@@H]2OC(C)=O)CCCCC1.[Br-].[Br-]. The fourth-order valence-electron chi connectivity index (χ4n) is 12.9. The Morgan fingerprint density at radius 1 is 0.723 bits per heavy atom. The molecule has 0 aromatic heterocycles. The van der Waals surface area contributed by atoms with Crippen molar-refractivity contribution >= 4 is 11.9 Å². The molecule has 47 heavy (non-hydrogen) atoms. The van der Waals surface area contributed by atoms with Gasteiger partial charge in [-0.3, -0.25) is 9.59 Å². The van der Waals surface area contributed by atoms with Crippen molar-refractivity contribution in [2.24, 2.45) is 34.5 Å². The fraction of sp³-hybridized carbons (Fsp3) is 0.846. The molecule has 6 aliphatic rings. The number of fused-ring (bicyclic) bond motifs is 5. The molecule has 4 saturated carbocycles. The van der Waals surface area contributed by atoms with E-state index in [4.69, 9.17) is 22.3 Å². The van der Waals surface area contributed by atoms with E-state index in [0.29, 0.717) is 23.7 Å². The van der Waals surface area contributed by atoms with E-state index in [1.807, 2.05) is 0 Å². The van der Waals surface area contributed by atoms with Crippen molar-refractivity contribution in [3.8, 4) is 24.7 Å². The summed E-state index contributed by atoms with van der Waals surface area (Å²) in [6.07, 6.45) is 27.3. The molecule has 6 rings (SSSR count). The maximum atomic E-state index is 12.7. The third kappa shape index (κ3) is 6.73. The molecule has 8 heteroatoms. The first-order valence-electron chi connectivity index (χ1n) is 18.4. The molecule has 0 radical (unpaired) electrons. The lowest BCUT2D eigenvalue weighted by Crippen LogP contribution is -3.00. The minimum Gasteiger partial charge on any atom is -1.00 e. The summed E-state index contributed by atoms with van der Waals surface area (Å²) in [5.74, 6) is 8.19. The summed E-state index contributed by atoms with van der Waals surface area (Å²) in [5, 5.41) is 0. The molecule has 6 fully saturated rings. The molecule has 0 aromatic carbocycles. The number of carbonyl (C=O) groups is 2. The Morgan fingerprint density at radius 2 is 1.28 bits per heavy atom. The standard InChI is InChI=1S/C39H60N2O4.2BrH/c1-7-19-40(21-11-9-12-22-40)34-26-33-31-16-15-30-25-36(44-28(3)42)35(41(20-8-2)23-13-10-14-24-41)27-39(30,6)32(31)17-18-38(33,5)37(34)45-29(4)43;;/h1-2,30-37H,9-27H2,3-6H3;2*1H/q+2;;/p-2/t30-,31?,32?,33?,34?,35?,36-,37-,38-,39-;;/m0../s1. The number of quaternary nitrogens is 2. The van der Waals surface area contributed by atoms with Gasteiger partial charge in [-0.05, 0) is 112 Å². The Bertz CT molecular complexity index is 1220. The van der Waals surface area contributed by atoms with Crippen LogP contribution in [-0.2, 0) is 19.1 Å². The van der Waals surface area contributed by atoms with Crippen molar-refractivity contribution in [1.82, 2.24) is 0 Å². The van der Waals surface area contributed by atoms with E-state index in [1.165, 1.54) is 57.8 Å². The average Bonchev–Trinajstić information content (AvgIpc) is 3.30. The zero-order valence-corrected chi connectivity index (χ0v) is 32.7. The molecule has 0 spiro atoms. The summed E-state index contributed by atoms with van der Waals surface area (Å²) in [7, 11) is 0. The van der Waals surface area contributed by atoms with Crippen molar-refractivity contribution in [3.05, 3.63) is 0 Å². The van der Waals surface area contributed by atoms with E-state index in [-0.39, 0.29) is 81.0 Å². The minimum absolute atomic E-state index is 0. The van der Waals surface area contributed by atoms with E-state index in [0.717, 1.165) is 73.9 Å². The second-order valence-electron chi connectivity index (χ2n) is 16.9. The fourth-order valence-corrected chi connectivity index (χ4v) is 12.9. The maximum absolute atomic E-state index is 12.7. The number of halogens is 2. The third-order valence-electron chi connectivity index (χ3n) is 14.8. The molecule has 4 aliphatic carbocycles. The van der Waals surface area contributed by atoms with Gasteiger partial charge < -0.3 is 52.4 Å². The van der Waals surface area contributed by atoms with Crippen molar-refractivity contribution in [2.45, 2.75) is 135 Å². The molecule has 2 heterocycles. The van der Waals surface area contributed by atoms with Crippen LogP contribution >= 0.6 is 0 Å². The number of terminal acetylenes is 2. The first-order valence-corrected chi connectivity index (χ1v) is 18.4. The summed E-state index contributed by atoms with van der Waals surface area (Å²) < 4.78 is 14.5. The van der Waals surface area contributed by atoms with Gasteiger partial charge in [0, 0.05) is 32.1 Å². The minimum atomic E-state index is -0.151. The van der Waals surface area contributed by atoms with Gasteiger partial charge in [-0.1, -0.05) is 13.8 Å². The molecular formula is C39H60Br2N2O4. The molecule has 264 valence electrons. The maximum Gasteiger partial charge on any atom is 0.303 e. The molecular weight excluding hydrogens is 720 g/mol. The Morgan fingerprint density at radius 3 is 1.81 bits per heavy atom. The summed E-state index contributed by atoms with van der Waals surface area (Å²) in [5.41, 5.74) is 0.171. The number of esters is 2. The van der Waals surface area contributed by atoms with Gasteiger partial charge in [0.2, 0.25) is 0 Å². The molecule has 5 unspecified atom stereocenters. The van der Waals surface area contributed by atoms with E-state index in [2.05, 4.69) is 25.7 Å². The van der Waals surface area contributed by atoms with Crippen LogP contribution < -0.4 is 34.0 Å². The van der Waals surface area contributed by atoms with E-state index in [9.17, 15) is 9.59 Å². The van der Waals surface area contributed by atoms with Crippen molar-refractivity contribution < 1.29 is 62.0 Å². The number of hydrogen-bond donors (Lipinski definition) is 0. The van der Waals surface area contributed by atoms with Crippen LogP contribution in [0.4, 0.5) is 0 Å². The normalized spacial score (nSPS) is 41.5. The number of ether oxygens (including phenoxy) is 2. The van der Waals surface area contributed by atoms with Crippen LogP contribution in [0.2, 0.25) is 0 Å². The van der Waals surface area contributed by atoms with Crippen LogP contribution in [0.5, 0.6) is 0 Å². The van der Waals surface area contributed by atoms with E-state index < -0.39 is 0 Å². The molecule has 10 atom stereocenters. The van der Waals surface area contributed by atoms with Gasteiger partial charge in [0.15, 0.2) is 12.2 Å². The molecule has 0 N–H and O–H groups in total. The Kier molecular flexibility index (Phi) is 12.4. The summed E-state index contributed by atoms with van der Waals surface area (Å²) >= 11 is 0. The summed E-state index contributed by atoms with van der Waals surface area (Å²) in [6.45, 7) is 14.2. The van der Waals surface area contributed by atoms with Crippen LogP contribution in [0.1, 0.15) is 111 Å². The van der Waals surface area contributed by atoms with Gasteiger partial charge in [-0.25, -0.2) is 0 Å². The highest BCUT2D eigenvalue weighted by Crippen LogP contribution is 2.68. The lowest BCUT2D eigenvalue weighted by Gasteiger charge is -2.63. The Balaban J connectivity index is 0.00000250. The largest absolute Gasteiger partial charge is 1.00 e. The summed E-state index contributed by atoms with van der Waals surface area (Å²) in [4.78, 5) is 25.1. The first kappa shape index (κ1) is 38.7. The van der Waals surface area contributed by atoms with Crippen LogP contribution in [0, 0.1) is 59.2 Å². The number of rotatable bonds is 6. The number of carbonyl (C=O) groups excluding carboxylic acids is 2. The molecule has 0 aromatic rings. The quantitative estimate of drug-likeness (QED) is 0.219. The average molecular weight is 781 g/mol. The van der Waals surface area contributed by atoms with E-state index in [1.54, 1.807) is 13.8 Å².